The van der Waals surface area contributed by atoms with E-state index in [1.165, 1.54) is 56.9 Å². The van der Waals surface area contributed by atoms with Crippen LogP contribution in [0, 0.1) is 35.0 Å². The van der Waals surface area contributed by atoms with E-state index in [1.807, 2.05) is 6.20 Å². The Kier molecular flexibility index (Phi) is 5.71. The SMILES string of the molecule is C=N/C=C\C(=C/C)C1=CCC2C3CCC4CC(N(C)C)CCC4C3CCC12C. The van der Waals surface area contributed by atoms with E-state index in [1.54, 1.807) is 5.57 Å². The Labute approximate surface area is 172 Å². The molecular weight excluding hydrogens is 340 g/mol. The fourth-order valence-electron chi connectivity index (χ4n) is 7.79. The van der Waals surface area contributed by atoms with Gasteiger partial charge in [0, 0.05) is 12.2 Å². The minimum absolute atomic E-state index is 0.363. The first-order valence-electron chi connectivity index (χ1n) is 11.7. The Balaban J connectivity index is 1.52. The third-order valence-corrected chi connectivity index (χ3v) is 9.22. The maximum Gasteiger partial charge on any atom is 0.0266 e. The zero-order chi connectivity index (χ0) is 19.9. The molecule has 28 heavy (non-hydrogen) atoms. The van der Waals surface area contributed by atoms with Crippen LogP contribution in [0.1, 0.15) is 65.2 Å². The van der Waals surface area contributed by atoms with Gasteiger partial charge in [0.15, 0.2) is 0 Å². The van der Waals surface area contributed by atoms with E-state index in [2.05, 4.69) is 62.8 Å². The summed E-state index contributed by atoms with van der Waals surface area (Å²) in [4.78, 5) is 6.43. The molecule has 2 heteroatoms. The molecule has 0 aliphatic heterocycles. The van der Waals surface area contributed by atoms with Crippen LogP contribution in [0.5, 0.6) is 0 Å². The summed E-state index contributed by atoms with van der Waals surface area (Å²) in [7, 11) is 4.56. The lowest BCUT2D eigenvalue weighted by molar-refractivity contribution is -0.0523. The van der Waals surface area contributed by atoms with Gasteiger partial charge >= 0.3 is 0 Å². The maximum atomic E-state index is 3.95. The standard InChI is InChI=1S/C26H40N2/c1-6-18(14-16-27-3)24-11-12-25-23-9-7-19-17-20(28(4)5)8-10-21(19)22(23)13-15-26(24,25)2/h6,11,14,16,19-23,25H,3,7-10,12-13,15,17H2,1-2,4-5H3/b16-14-,18-6+. The summed E-state index contributed by atoms with van der Waals surface area (Å²) in [6, 6.07) is 0.828. The van der Waals surface area contributed by atoms with Gasteiger partial charge in [0.1, 0.15) is 0 Å². The second kappa shape index (κ2) is 7.94. The van der Waals surface area contributed by atoms with Crippen molar-refractivity contribution in [1.29, 1.82) is 0 Å². The molecule has 3 fully saturated rings. The molecule has 154 valence electrons. The molecule has 4 aliphatic carbocycles. The van der Waals surface area contributed by atoms with Gasteiger partial charge in [-0.3, -0.25) is 4.99 Å². The van der Waals surface area contributed by atoms with Crippen molar-refractivity contribution in [3.63, 3.8) is 0 Å². The molecule has 7 unspecified atom stereocenters. The highest BCUT2D eigenvalue weighted by Gasteiger charge is 2.54. The van der Waals surface area contributed by atoms with E-state index in [9.17, 15) is 0 Å². The number of hydrogen-bond acceptors (Lipinski definition) is 2. The zero-order valence-corrected chi connectivity index (χ0v) is 18.5. The van der Waals surface area contributed by atoms with Crippen molar-refractivity contribution in [3.8, 4) is 0 Å². The van der Waals surface area contributed by atoms with Crippen molar-refractivity contribution < 1.29 is 0 Å². The third kappa shape index (κ3) is 3.26. The second-order valence-electron chi connectivity index (χ2n) is 10.4. The quantitative estimate of drug-likeness (QED) is 0.415. The molecule has 0 amide bonds. The van der Waals surface area contributed by atoms with Crippen LogP contribution in [0.4, 0.5) is 0 Å². The molecular formula is C26H40N2. The van der Waals surface area contributed by atoms with E-state index >= 15 is 0 Å². The van der Waals surface area contributed by atoms with Crippen LogP contribution in [0.3, 0.4) is 0 Å². The Bertz CT molecular complexity index is 685. The summed E-state index contributed by atoms with van der Waals surface area (Å²) in [6.45, 7) is 8.35. The highest BCUT2D eigenvalue weighted by atomic mass is 15.1. The van der Waals surface area contributed by atoms with Crippen LogP contribution in [-0.4, -0.2) is 31.8 Å². The van der Waals surface area contributed by atoms with E-state index in [-0.39, 0.29) is 0 Å². The molecule has 2 nitrogen and oxygen atoms in total. The van der Waals surface area contributed by atoms with Gasteiger partial charge in [-0.1, -0.05) is 19.1 Å². The fourth-order valence-corrected chi connectivity index (χ4v) is 7.79. The van der Waals surface area contributed by atoms with Gasteiger partial charge in [-0.2, -0.15) is 0 Å². The smallest absolute Gasteiger partial charge is 0.0266 e. The number of allylic oxidation sites excluding steroid dienone is 5. The van der Waals surface area contributed by atoms with Crippen molar-refractivity contribution in [2.75, 3.05) is 14.1 Å². The van der Waals surface area contributed by atoms with Gasteiger partial charge in [0.25, 0.3) is 0 Å². The molecule has 0 bridgehead atoms. The number of aliphatic imine (C=N–C) groups is 1. The summed E-state index contributed by atoms with van der Waals surface area (Å²) in [5, 5.41) is 0. The van der Waals surface area contributed by atoms with E-state index in [0.29, 0.717) is 5.41 Å². The monoisotopic (exact) mass is 380 g/mol. The predicted octanol–water partition coefficient (Wildman–Crippen LogP) is 6.27. The average molecular weight is 381 g/mol. The maximum absolute atomic E-state index is 3.95. The first-order valence-corrected chi connectivity index (χ1v) is 11.7. The molecule has 0 N–H and O–H groups in total. The summed E-state index contributed by atoms with van der Waals surface area (Å²) in [5.41, 5.74) is 3.33. The Morgan fingerprint density at radius 1 is 1.14 bits per heavy atom. The number of hydrogen-bond donors (Lipinski definition) is 0. The first-order chi connectivity index (χ1) is 13.5. The molecule has 0 heterocycles. The van der Waals surface area contributed by atoms with Gasteiger partial charge in [0.05, 0.1) is 0 Å². The molecule has 0 saturated heterocycles. The second-order valence-corrected chi connectivity index (χ2v) is 10.4. The predicted molar refractivity (Wildman–Crippen MR) is 120 cm³/mol. The van der Waals surface area contributed by atoms with E-state index in [4.69, 9.17) is 0 Å². The van der Waals surface area contributed by atoms with Crippen molar-refractivity contribution in [3.05, 3.63) is 35.6 Å². The lowest BCUT2D eigenvalue weighted by Gasteiger charge is -2.56. The molecule has 4 rings (SSSR count). The first kappa shape index (κ1) is 20.1. The molecule has 4 aliphatic rings. The van der Waals surface area contributed by atoms with Crippen LogP contribution in [0.2, 0.25) is 0 Å². The Morgan fingerprint density at radius 3 is 2.64 bits per heavy atom. The lowest BCUT2D eigenvalue weighted by atomic mass is 9.49. The van der Waals surface area contributed by atoms with Gasteiger partial charge in [0.2, 0.25) is 0 Å². The van der Waals surface area contributed by atoms with E-state index < -0.39 is 0 Å². The summed E-state index contributed by atoms with van der Waals surface area (Å²) in [6.07, 6.45) is 20.3. The Morgan fingerprint density at radius 2 is 1.93 bits per heavy atom. The number of nitrogens with zero attached hydrogens (tertiary/aromatic N) is 2. The molecule has 0 spiro atoms. The molecule has 3 saturated carbocycles. The van der Waals surface area contributed by atoms with Crippen LogP contribution >= 0.6 is 0 Å². The summed E-state index contributed by atoms with van der Waals surface area (Å²) < 4.78 is 0. The van der Waals surface area contributed by atoms with Gasteiger partial charge in [-0.15, -0.1) is 0 Å². The molecule has 0 aromatic carbocycles. The highest BCUT2D eigenvalue weighted by molar-refractivity contribution is 5.47. The van der Waals surface area contributed by atoms with Crippen molar-refractivity contribution in [2.45, 2.75) is 71.3 Å². The van der Waals surface area contributed by atoms with Gasteiger partial charge in [-0.25, -0.2) is 0 Å². The topological polar surface area (TPSA) is 15.6 Å². The normalized spacial score (nSPS) is 43.5. The summed E-state index contributed by atoms with van der Waals surface area (Å²) >= 11 is 0. The fraction of sp³-hybridized carbons (Fsp3) is 0.731. The molecule has 7 atom stereocenters. The van der Waals surface area contributed by atoms with Crippen LogP contribution in [-0.2, 0) is 0 Å². The highest BCUT2D eigenvalue weighted by Crippen LogP contribution is 2.63. The third-order valence-electron chi connectivity index (χ3n) is 9.22. The minimum atomic E-state index is 0.363. The van der Waals surface area contributed by atoms with Crippen molar-refractivity contribution in [2.24, 2.45) is 40.0 Å². The van der Waals surface area contributed by atoms with Gasteiger partial charge in [-0.05, 0) is 131 Å². The van der Waals surface area contributed by atoms with Crippen LogP contribution in [0.15, 0.2) is 40.6 Å². The largest absolute Gasteiger partial charge is 0.306 e. The summed E-state index contributed by atoms with van der Waals surface area (Å²) in [5.74, 6) is 4.80. The zero-order valence-electron chi connectivity index (χ0n) is 18.5. The Hall–Kier alpha value is -1.15. The molecule has 0 radical (unpaired) electrons. The van der Waals surface area contributed by atoms with Crippen LogP contribution in [0.25, 0.3) is 0 Å². The van der Waals surface area contributed by atoms with Gasteiger partial charge < -0.3 is 4.90 Å². The van der Waals surface area contributed by atoms with Crippen molar-refractivity contribution >= 4 is 6.72 Å². The van der Waals surface area contributed by atoms with Crippen LogP contribution < -0.4 is 0 Å². The lowest BCUT2D eigenvalue weighted by Crippen LogP contribution is -2.49. The minimum Gasteiger partial charge on any atom is -0.306 e. The van der Waals surface area contributed by atoms with E-state index in [0.717, 1.165) is 35.6 Å². The van der Waals surface area contributed by atoms with Crippen molar-refractivity contribution in [1.82, 2.24) is 4.90 Å². The molecule has 0 aromatic heterocycles. The molecule has 0 aromatic rings. The average Bonchev–Trinajstić information content (AvgIpc) is 3.05. The number of rotatable bonds is 4. The number of fused-ring (bicyclic) bond motifs is 5.